The zero-order chi connectivity index (χ0) is 14.0. The van der Waals surface area contributed by atoms with E-state index in [1.807, 2.05) is 32.0 Å². The number of thioether (sulfide) groups is 1. The van der Waals surface area contributed by atoms with E-state index in [0.29, 0.717) is 6.04 Å². The average Bonchev–Trinajstić information content (AvgIpc) is 2.92. The molecule has 0 N–H and O–H groups in total. The Morgan fingerprint density at radius 1 is 1.37 bits per heavy atom. The van der Waals surface area contributed by atoms with Gasteiger partial charge in [-0.1, -0.05) is 16.9 Å². The lowest BCUT2D eigenvalue weighted by Crippen LogP contribution is -2.17. The summed E-state index contributed by atoms with van der Waals surface area (Å²) in [6.45, 7) is 6.14. The molecule has 7 heteroatoms. The van der Waals surface area contributed by atoms with Crippen LogP contribution in [0.5, 0.6) is 0 Å². The summed E-state index contributed by atoms with van der Waals surface area (Å²) in [5.41, 5.74) is 0.923. The van der Waals surface area contributed by atoms with Crippen LogP contribution in [0.4, 0.5) is 5.95 Å². The molecule has 6 nitrogen and oxygen atoms in total. The van der Waals surface area contributed by atoms with Crippen LogP contribution in [0.2, 0.25) is 0 Å². The largest absolute Gasteiger partial charge is 0.361 e. The molecule has 19 heavy (non-hydrogen) atoms. The third-order valence-corrected chi connectivity index (χ3v) is 3.57. The van der Waals surface area contributed by atoms with E-state index in [9.17, 15) is 0 Å². The topological polar surface area (TPSA) is 60.0 Å². The minimum Gasteiger partial charge on any atom is -0.361 e. The van der Waals surface area contributed by atoms with E-state index < -0.39 is 0 Å². The standard InChI is InChI=1S/C12H19N5OS/c1-8(2)17-11(16(4)5)13-14-12(17)19-7-10-6-9(3)18-15-10/h6,8H,7H2,1-5H3. The van der Waals surface area contributed by atoms with Crippen LogP contribution in [0.1, 0.15) is 31.3 Å². The maximum atomic E-state index is 5.06. The summed E-state index contributed by atoms with van der Waals surface area (Å²) >= 11 is 1.62. The minimum absolute atomic E-state index is 0.314. The maximum absolute atomic E-state index is 5.06. The van der Waals surface area contributed by atoms with Crippen molar-refractivity contribution in [3.05, 3.63) is 17.5 Å². The Balaban J connectivity index is 2.16. The number of nitrogens with zero attached hydrogens (tertiary/aromatic N) is 5. The van der Waals surface area contributed by atoms with Gasteiger partial charge in [-0.15, -0.1) is 10.2 Å². The third kappa shape index (κ3) is 3.09. The molecule has 104 valence electrons. The molecule has 0 amide bonds. The molecular formula is C12H19N5OS. The van der Waals surface area contributed by atoms with Gasteiger partial charge in [0.25, 0.3) is 0 Å². The lowest BCUT2D eigenvalue weighted by molar-refractivity contribution is 0.393. The SMILES string of the molecule is Cc1cc(CSc2nnc(N(C)C)n2C(C)C)no1. The van der Waals surface area contributed by atoms with E-state index in [4.69, 9.17) is 4.52 Å². The first-order chi connectivity index (χ1) is 8.99. The van der Waals surface area contributed by atoms with Gasteiger partial charge in [-0.3, -0.25) is 4.57 Å². The van der Waals surface area contributed by atoms with E-state index in [1.54, 1.807) is 11.8 Å². The molecule has 2 heterocycles. The van der Waals surface area contributed by atoms with E-state index >= 15 is 0 Å². The fourth-order valence-electron chi connectivity index (χ4n) is 1.75. The van der Waals surface area contributed by atoms with Crippen molar-refractivity contribution < 1.29 is 4.52 Å². The van der Waals surface area contributed by atoms with Gasteiger partial charge in [0.2, 0.25) is 5.95 Å². The van der Waals surface area contributed by atoms with Crippen LogP contribution < -0.4 is 4.90 Å². The summed E-state index contributed by atoms with van der Waals surface area (Å²) in [7, 11) is 3.94. The molecule has 0 saturated heterocycles. The Bertz CT molecular complexity index is 546. The summed E-state index contributed by atoms with van der Waals surface area (Å²) in [5.74, 6) is 2.43. The number of anilines is 1. The van der Waals surface area contributed by atoms with Crippen LogP contribution in [-0.2, 0) is 5.75 Å². The monoisotopic (exact) mass is 281 g/mol. The van der Waals surface area contributed by atoms with Gasteiger partial charge >= 0.3 is 0 Å². The van der Waals surface area contributed by atoms with Gasteiger partial charge in [0.05, 0.1) is 5.69 Å². The molecule has 0 saturated carbocycles. The zero-order valence-corrected chi connectivity index (χ0v) is 12.7. The van der Waals surface area contributed by atoms with Crippen LogP contribution in [-0.4, -0.2) is 34.0 Å². The van der Waals surface area contributed by atoms with Crippen LogP contribution in [0.3, 0.4) is 0 Å². The van der Waals surface area contributed by atoms with Gasteiger partial charge in [0.15, 0.2) is 5.16 Å². The molecule has 0 aromatic carbocycles. The smallest absolute Gasteiger partial charge is 0.227 e. The molecule has 0 radical (unpaired) electrons. The van der Waals surface area contributed by atoms with Gasteiger partial charge in [-0.25, -0.2) is 0 Å². The first-order valence-corrected chi connectivity index (χ1v) is 7.14. The molecule has 2 rings (SSSR count). The van der Waals surface area contributed by atoms with Gasteiger partial charge in [0.1, 0.15) is 5.76 Å². The Labute approximate surface area is 117 Å². The highest BCUT2D eigenvalue weighted by molar-refractivity contribution is 7.98. The molecule has 2 aromatic rings. The van der Waals surface area contributed by atoms with E-state index in [1.165, 1.54) is 0 Å². The van der Waals surface area contributed by atoms with Crippen molar-refractivity contribution in [1.82, 2.24) is 19.9 Å². The highest BCUT2D eigenvalue weighted by atomic mass is 32.2. The van der Waals surface area contributed by atoms with Crippen molar-refractivity contribution in [3.8, 4) is 0 Å². The molecule has 0 bridgehead atoms. The number of hydrogen-bond donors (Lipinski definition) is 0. The van der Waals surface area contributed by atoms with Crippen molar-refractivity contribution in [1.29, 1.82) is 0 Å². The number of hydrogen-bond acceptors (Lipinski definition) is 6. The number of rotatable bonds is 5. The second kappa shape index (κ2) is 5.64. The van der Waals surface area contributed by atoms with Gasteiger partial charge in [-0.05, 0) is 20.8 Å². The fourth-order valence-corrected chi connectivity index (χ4v) is 2.69. The third-order valence-electron chi connectivity index (χ3n) is 2.59. The second-order valence-electron chi connectivity index (χ2n) is 4.86. The second-order valence-corrected chi connectivity index (χ2v) is 5.80. The first kappa shape index (κ1) is 13.9. The van der Waals surface area contributed by atoms with Crippen molar-refractivity contribution in [2.24, 2.45) is 0 Å². The predicted octanol–water partition coefficient (Wildman–Crippen LogP) is 2.51. The van der Waals surface area contributed by atoms with Crippen LogP contribution in [0.25, 0.3) is 0 Å². The molecule has 0 aliphatic rings. The molecule has 0 fully saturated rings. The maximum Gasteiger partial charge on any atom is 0.227 e. The van der Waals surface area contributed by atoms with Crippen molar-refractivity contribution >= 4 is 17.7 Å². The Kier molecular flexibility index (Phi) is 4.14. The molecule has 0 spiro atoms. The summed E-state index contributed by atoms with van der Waals surface area (Å²) in [6, 6.07) is 2.25. The Morgan fingerprint density at radius 2 is 2.11 bits per heavy atom. The van der Waals surface area contributed by atoms with E-state index in [0.717, 1.165) is 28.3 Å². The fraction of sp³-hybridized carbons (Fsp3) is 0.583. The molecule has 2 aromatic heterocycles. The Hall–Kier alpha value is -1.50. The van der Waals surface area contributed by atoms with Crippen molar-refractivity contribution in [2.75, 3.05) is 19.0 Å². The molecule has 0 aliphatic carbocycles. The highest BCUT2D eigenvalue weighted by Gasteiger charge is 2.17. The Morgan fingerprint density at radius 3 is 2.63 bits per heavy atom. The highest BCUT2D eigenvalue weighted by Crippen LogP contribution is 2.27. The van der Waals surface area contributed by atoms with Crippen LogP contribution >= 0.6 is 11.8 Å². The van der Waals surface area contributed by atoms with Crippen LogP contribution in [0, 0.1) is 6.92 Å². The first-order valence-electron chi connectivity index (χ1n) is 6.16. The number of aromatic nitrogens is 4. The molecule has 0 unspecified atom stereocenters. The summed E-state index contributed by atoms with van der Waals surface area (Å²) in [4.78, 5) is 1.97. The van der Waals surface area contributed by atoms with Crippen molar-refractivity contribution in [3.63, 3.8) is 0 Å². The summed E-state index contributed by atoms with van der Waals surface area (Å²) < 4.78 is 7.18. The van der Waals surface area contributed by atoms with Crippen LogP contribution in [0.15, 0.2) is 15.7 Å². The van der Waals surface area contributed by atoms with E-state index in [2.05, 4.69) is 33.8 Å². The van der Waals surface area contributed by atoms with Gasteiger partial charge < -0.3 is 9.42 Å². The quantitative estimate of drug-likeness (QED) is 0.785. The average molecular weight is 281 g/mol. The van der Waals surface area contributed by atoms with Gasteiger partial charge in [0, 0.05) is 32.0 Å². The molecule has 0 atom stereocenters. The lowest BCUT2D eigenvalue weighted by Gasteiger charge is -2.17. The number of aryl methyl sites for hydroxylation is 1. The molecular weight excluding hydrogens is 262 g/mol. The van der Waals surface area contributed by atoms with Crippen molar-refractivity contribution in [2.45, 2.75) is 37.7 Å². The minimum atomic E-state index is 0.314. The van der Waals surface area contributed by atoms with Gasteiger partial charge in [-0.2, -0.15) is 0 Å². The summed E-state index contributed by atoms with van der Waals surface area (Å²) in [6.07, 6.45) is 0. The predicted molar refractivity (Wildman–Crippen MR) is 75.5 cm³/mol. The molecule has 0 aliphatic heterocycles. The van der Waals surface area contributed by atoms with E-state index in [-0.39, 0.29) is 0 Å². The summed E-state index contributed by atoms with van der Waals surface area (Å²) in [5, 5.41) is 13.4. The lowest BCUT2D eigenvalue weighted by atomic mass is 10.4. The zero-order valence-electron chi connectivity index (χ0n) is 11.9. The normalized spacial score (nSPS) is 11.3.